The smallest absolute Gasteiger partial charge is 0.230 e. The van der Waals surface area contributed by atoms with Gasteiger partial charge in [-0.15, -0.1) is 10.2 Å². The van der Waals surface area contributed by atoms with E-state index in [0.29, 0.717) is 23.3 Å². The topological polar surface area (TPSA) is 69.0 Å². The number of hydrogen-bond donors (Lipinski definition) is 1. The first-order valence-corrected chi connectivity index (χ1v) is 11.1. The van der Waals surface area contributed by atoms with E-state index >= 15 is 0 Å². The van der Waals surface area contributed by atoms with Crippen LogP contribution in [-0.2, 0) is 17.9 Å². The van der Waals surface area contributed by atoms with E-state index in [1.807, 2.05) is 73.9 Å². The number of ether oxygens (including phenoxy) is 1. The highest BCUT2D eigenvalue weighted by atomic mass is 35.5. The number of aryl methyl sites for hydroxylation is 1. The van der Waals surface area contributed by atoms with E-state index in [-0.39, 0.29) is 17.8 Å². The molecule has 2 aromatic carbocycles. The van der Waals surface area contributed by atoms with E-state index < -0.39 is 0 Å². The maximum absolute atomic E-state index is 12.2. The number of halogens is 1. The van der Waals surface area contributed by atoms with Crippen LogP contribution in [0.3, 0.4) is 0 Å². The molecule has 0 spiro atoms. The van der Waals surface area contributed by atoms with Crippen molar-refractivity contribution < 1.29 is 9.53 Å². The zero-order valence-corrected chi connectivity index (χ0v) is 18.8. The van der Waals surface area contributed by atoms with Crippen molar-refractivity contribution in [2.45, 2.75) is 45.1 Å². The van der Waals surface area contributed by atoms with Crippen LogP contribution in [0.25, 0.3) is 0 Å². The summed E-state index contributed by atoms with van der Waals surface area (Å²) in [6, 6.07) is 15.3. The molecule has 1 amide bonds. The standard InChI is InChI=1S/C22H25ClN4O2S/c1-4-27-21(16(3)29-19-8-6-5-7-15(19)2)25-26-22(27)30-14-20(28)24-13-17-9-11-18(23)12-10-17/h5-12,16H,4,13-14H2,1-3H3,(H,24,28). The predicted molar refractivity (Wildman–Crippen MR) is 120 cm³/mol. The average molecular weight is 445 g/mol. The number of benzene rings is 2. The highest BCUT2D eigenvalue weighted by Crippen LogP contribution is 2.26. The van der Waals surface area contributed by atoms with Gasteiger partial charge in [-0.3, -0.25) is 4.79 Å². The Hall–Kier alpha value is -2.51. The van der Waals surface area contributed by atoms with Gasteiger partial charge < -0.3 is 14.6 Å². The molecule has 0 aliphatic carbocycles. The maximum atomic E-state index is 12.2. The molecule has 0 radical (unpaired) electrons. The first kappa shape index (κ1) is 22.2. The Balaban J connectivity index is 1.57. The number of carbonyl (C=O) groups is 1. The lowest BCUT2D eigenvalue weighted by molar-refractivity contribution is -0.118. The van der Waals surface area contributed by atoms with Crippen molar-refractivity contribution in [2.24, 2.45) is 0 Å². The molecule has 0 fully saturated rings. The van der Waals surface area contributed by atoms with Gasteiger partial charge in [0.1, 0.15) is 5.75 Å². The van der Waals surface area contributed by atoms with E-state index in [1.54, 1.807) is 0 Å². The van der Waals surface area contributed by atoms with Crippen LogP contribution < -0.4 is 10.1 Å². The van der Waals surface area contributed by atoms with Crippen molar-refractivity contribution in [1.82, 2.24) is 20.1 Å². The van der Waals surface area contributed by atoms with Crippen molar-refractivity contribution in [1.29, 1.82) is 0 Å². The van der Waals surface area contributed by atoms with Gasteiger partial charge in [-0.2, -0.15) is 0 Å². The Labute approximate surface area is 186 Å². The fraction of sp³-hybridized carbons (Fsp3) is 0.318. The summed E-state index contributed by atoms with van der Waals surface area (Å²) in [5.41, 5.74) is 2.07. The second kappa shape index (κ2) is 10.5. The molecular weight excluding hydrogens is 420 g/mol. The first-order valence-electron chi connectivity index (χ1n) is 9.77. The molecule has 158 valence electrons. The second-order valence-corrected chi connectivity index (χ2v) is 8.18. The van der Waals surface area contributed by atoms with E-state index in [9.17, 15) is 4.79 Å². The number of thioether (sulfide) groups is 1. The third-order valence-electron chi connectivity index (χ3n) is 4.56. The molecule has 3 rings (SSSR count). The van der Waals surface area contributed by atoms with Crippen molar-refractivity contribution in [3.8, 4) is 5.75 Å². The maximum Gasteiger partial charge on any atom is 0.230 e. The number of carbonyl (C=O) groups excluding carboxylic acids is 1. The summed E-state index contributed by atoms with van der Waals surface area (Å²) in [6.07, 6.45) is -0.258. The molecule has 1 unspecified atom stereocenters. The molecule has 8 heteroatoms. The monoisotopic (exact) mass is 444 g/mol. The second-order valence-electron chi connectivity index (χ2n) is 6.80. The van der Waals surface area contributed by atoms with E-state index in [0.717, 1.165) is 22.7 Å². The van der Waals surface area contributed by atoms with Crippen molar-refractivity contribution >= 4 is 29.3 Å². The highest BCUT2D eigenvalue weighted by Gasteiger charge is 2.20. The summed E-state index contributed by atoms with van der Waals surface area (Å²) in [7, 11) is 0. The quantitative estimate of drug-likeness (QED) is 0.480. The third kappa shape index (κ3) is 5.77. The van der Waals surface area contributed by atoms with E-state index in [2.05, 4.69) is 15.5 Å². The molecule has 1 aromatic heterocycles. The SMILES string of the molecule is CCn1c(SCC(=O)NCc2ccc(Cl)cc2)nnc1C(C)Oc1ccccc1C. The van der Waals surface area contributed by atoms with Gasteiger partial charge in [0.15, 0.2) is 17.1 Å². The fourth-order valence-corrected chi connectivity index (χ4v) is 3.89. The first-order chi connectivity index (χ1) is 14.5. The van der Waals surface area contributed by atoms with Crippen LogP contribution in [0.15, 0.2) is 53.7 Å². The summed E-state index contributed by atoms with van der Waals surface area (Å²) < 4.78 is 8.07. The molecule has 3 aromatic rings. The van der Waals surface area contributed by atoms with Gasteiger partial charge in [0.2, 0.25) is 5.91 Å². The molecule has 0 bridgehead atoms. The fourth-order valence-electron chi connectivity index (χ4n) is 2.92. The molecule has 0 saturated carbocycles. The zero-order chi connectivity index (χ0) is 21.5. The molecule has 1 N–H and O–H groups in total. The van der Waals surface area contributed by atoms with Gasteiger partial charge in [0.25, 0.3) is 0 Å². The van der Waals surface area contributed by atoms with Crippen LogP contribution >= 0.6 is 23.4 Å². The zero-order valence-electron chi connectivity index (χ0n) is 17.3. The molecule has 0 saturated heterocycles. The summed E-state index contributed by atoms with van der Waals surface area (Å²) >= 11 is 7.25. The van der Waals surface area contributed by atoms with Crippen molar-refractivity contribution in [3.63, 3.8) is 0 Å². The van der Waals surface area contributed by atoms with E-state index in [4.69, 9.17) is 16.3 Å². The minimum Gasteiger partial charge on any atom is -0.482 e. The van der Waals surface area contributed by atoms with Crippen molar-refractivity contribution in [3.05, 3.63) is 70.5 Å². The molecule has 0 aliphatic heterocycles. The minimum atomic E-state index is -0.258. The number of amides is 1. The summed E-state index contributed by atoms with van der Waals surface area (Å²) in [6.45, 7) is 7.15. The summed E-state index contributed by atoms with van der Waals surface area (Å²) in [4.78, 5) is 12.2. The van der Waals surface area contributed by atoms with Gasteiger partial charge in [-0.05, 0) is 50.1 Å². The van der Waals surface area contributed by atoms with Crippen LogP contribution in [0.2, 0.25) is 5.02 Å². The number of aromatic nitrogens is 3. The van der Waals surface area contributed by atoms with Gasteiger partial charge in [0.05, 0.1) is 5.75 Å². The van der Waals surface area contributed by atoms with Gasteiger partial charge in [-0.25, -0.2) is 0 Å². The Morgan fingerprint density at radius 1 is 1.20 bits per heavy atom. The molecule has 1 heterocycles. The van der Waals surface area contributed by atoms with Crippen LogP contribution in [0.1, 0.15) is 36.9 Å². The van der Waals surface area contributed by atoms with Gasteiger partial charge in [0, 0.05) is 18.1 Å². The number of rotatable bonds is 9. The minimum absolute atomic E-state index is 0.0636. The molecule has 30 heavy (non-hydrogen) atoms. The molecule has 0 aliphatic rings. The van der Waals surface area contributed by atoms with Crippen molar-refractivity contribution in [2.75, 3.05) is 5.75 Å². The summed E-state index contributed by atoms with van der Waals surface area (Å²) in [5, 5.41) is 12.9. The third-order valence-corrected chi connectivity index (χ3v) is 5.78. The Morgan fingerprint density at radius 3 is 2.63 bits per heavy atom. The van der Waals surface area contributed by atoms with E-state index in [1.165, 1.54) is 11.8 Å². The highest BCUT2D eigenvalue weighted by molar-refractivity contribution is 7.99. The molecule has 1 atom stereocenters. The van der Waals surface area contributed by atoms with Crippen LogP contribution in [0.4, 0.5) is 0 Å². The van der Waals surface area contributed by atoms with Crippen LogP contribution in [0.5, 0.6) is 5.75 Å². The summed E-state index contributed by atoms with van der Waals surface area (Å²) in [5.74, 6) is 1.77. The van der Waals surface area contributed by atoms with Gasteiger partial charge >= 0.3 is 0 Å². The number of nitrogens with zero attached hydrogens (tertiary/aromatic N) is 3. The predicted octanol–water partition coefficient (Wildman–Crippen LogP) is 4.81. The Morgan fingerprint density at radius 2 is 1.93 bits per heavy atom. The number of nitrogens with one attached hydrogen (secondary N) is 1. The molecular formula is C22H25ClN4O2S. The lowest BCUT2D eigenvalue weighted by Crippen LogP contribution is -2.24. The normalized spacial score (nSPS) is 11.9. The van der Waals surface area contributed by atoms with Crippen LogP contribution in [0, 0.1) is 6.92 Å². The number of para-hydroxylation sites is 1. The largest absolute Gasteiger partial charge is 0.482 e. The Kier molecular flexibility index (Phi) is 7.76. The lowest BCUT2D eigenvalue weighted by Gasteiger charge is -2.17. The van der Waals surface area contributed by atoms with Crippen LogP contribution in [-0.4, -0.2) is 26.4 Å². The average Bonchev–Trinajstić information content (AvgIpc) is 3.16. The number of hydrogen-bond acceptors (Lipinski definition) is 5. The lowest BCUT2D eigenvalue weighted by atomic mass is 10.2. The Bertz CT molecular complexity index is 991. The van der Waals surface area contributed by atoms with Gasteiger partial charge in [-0.1, -0.05) is 53.7 Å². The molecule has 6 nitrogen and oxygen atoms in total.